The second-order valence-corrected chi connectivity index (χ2v) is 7.30. The molecule has 3 heterocycles. The van der Waals surface area contributed by atoms with Crippen molar-refractivity contribution in [1.29, 1.82) is 5.26 Å². The lowest BCUT2D eigenvalue weighted by Crippen LogP contribution is -2.54. The van der Waals surface area contributed by atoms with Crippen molar-refractivity contribution < 1.29 is 0 Å². The van der Waals surface area contributed by atoms with Crippen LogP contribution in [-0.4, -0.2) is 33.0 Å². The third-order valence-corrected chi connectivity index (χ3v) is 5.74. The third kappa shape index (κ3) is 2.52. The van der Waals surface area contributed by atoms with Gasteiger partial charge in [0.1, 0.15) is 6.17 Å². The summed E-state index contributed by atoms with van der Waals surface area (Å²) in [6.07, 6.45) is 5.21. The molecule has 0 amide bonds. The lowest BCUT2D eigenvalue weighted by molar-refractivity contribution is 0.152. The zero-order valence-corrected chi connectivity index (χ0v) is 14.5. The molecule has 3 atom stereocenters. The molecule has 3 aliphatic rings. The second-order valence-electron chi connectivity index (χ2n) is 6.36. The average molecular weight is 340 g/mol. The molecule has 0 radical (unpaired) electrons. The SMILES string of the molecule is Cc1ccc(C2CC3C4NN=C(SCC#N)N4C=CN3N2)cc1C. The Kier molecular flexibility index (Phi) is 3.87. The van der Waals surface area contributed by atoms with E-state index in [0.29, 0.717) is 17.8 Å². The molecule has 3 unspecified atom stereocenters. The van der Waals surface area contributed by atoms with E-state index >= 15 is 0 Å². The Morgan fingerprint density at radius 3 is 3.00 bits per heavy atom. The van der Waals surface area contributed by atoms with E-state index in [1.165, 1.54) is 28.5 Å². The number of nitrogens with zero attached hydrogens (tertiary/aromatic N) is 4. The first-order valence-corrected chi connectivity index (χ1v) is 9.07. The fraction of sp³-hybridized carbons (Fsp3) is 0.412. The normalized spacial score (nSPS) is 27.4. The van der Waals surface area contributed by atoms with Gasteiger partial charge in [0.15, 0.2) is 5.17 Å². The topological polar surface area (TPSA) is 66.7 Å². The van der Waals surface area contributed by atoms with Crippen LogP contribution in [0.15, 0.2) is 35.7 Å². The number of amidine groups is 1. The zero-order chi connectivity index (χ0) is 16.7. The van der Waals surface area contributed by atoms with Crippen LogP contribution in [0.3, 0.4) is 0 Å². The molecule has 7 heteroatoms. The number of hydrazine groups is 1. The van der Waals surface area contributed by atoms with Crippen molar-refractivity contribution in [3.05, 3.63) is 47.3 Å². The first kappa shape index (κ1) is 15.4. The Morgan fingerprint density at radius 1 is 1.33 bits per heavy atom. The summed E-state index contributed by atoms with van der Waals surface area (Å²) < 4.78 is 0. The maximum Gasteiger partial charge on any atom is 0.189 e. The summed E-state index contributed by atoms with van der Waals surface area (Å²) in [5.41, 5.74) is 10.8. The molecule has 24 heavy (non-hydrogen) atoms. The number of nitriles is 1. The van der Waals surface area contributed by atoms with E-state index in [-0.39, 0.29) is 6.17 Å². The van der Waals surface area contributed by atoms with Gasteiger partial charge in [-0.3, -0.25) is 5.43 Å². The van der Waals surface area contributed by atoms with Crippen LogP contribution in [0.1, 0.15) is 29.2 Å². The van der Waals surface area contributed by atoms with Crippen LogP contribution in [0.4, 0.5) is 0 Å². The Hall–Kier alpha value is -2.17. The molecule has 1 saturated heterocycles. The highest BCUT2D eigenvalue weighted by molar-refractivity contribution is 8.14. The lowest BCUT2D eigenvalue weighted by atomic mass is 9.97. The molecule has 4 rings (SSSR count). The van der Waals surface area contributed by atoms with Gasteiger partial charge in [-0.2, -0.15) is 10.4 Å². The number of hydrogen-bond donors (Lipinski definition) is 2. The summed E-state index contributed by atoms with van der Waals surface area (Å²) in [5.74, 6) is 0.412. The molecule has 1 fully saturated rings. The first-order chi connectivity index (χ1) is 11.7. The minimum absolute atomic E-state index is 0.111. The Balaban J connectivity index is 1.50. The van der Waals surface area contributed by atoms with Gasteiger partial charge in [-0.05, 0) is 37.0 Å². The Morgan fingerprint density at radius 2 is 2.21 bits per heavy atom. The lowest BCUT2D eigenvalue weighted by Gasteiger charge is -2.36. The number of nitrogens with one attached hydrogen (secondary N) is 2. The van der Waals surface area contributed by atoms with E-state index in [1.54, 1.807) is 0 Å². The zero-order valence-electron chi connectivity index (χ0n) is 13.7. The summed E-state index contributed by atoms with van der Waals surface area (Å²) >= 11 is 1.47. The van der Waals surface area contributed by atoms with Gasteiger partial charge in [0, 0.05) is 12.4 Å². The van der Waals surface area contributed by atoms with Crippen molar-refractivity contribution in [2.24, 2.45) is 5.10 Å². The number of aryl methyl sites for hydroxylation is 2. The van der Waals surface area contributed by atoms with Gasteiger partial charge in [0.05, 0.1) is 23.9 Å². The Labute approximate surface area is 146 Å². The summed E-state index contributed by atoms with van der Waals surface area (Å²) in [6, 6.07) is 9.44. The standard InChI is InChI=1S/C17H20N6S/c1-11-3-4-13(9-12(11)2)14-10-15-16-19-20-17(24-8-5-18)22(16)6-7-23(15)21-14/h3-4,6-7,9,14-16,19,21H,8,10H2,1-2H3. The average Bonchev–Trinajstić information content (AvgIpc) is 3.18. The maximum atomic E-state index is 8.77. The molecule has 0 aromatic heterocycles. The van der Waals surface area contributed by atoms with Crippen molar-refractivity contribution in [3.8, 4) is 6.07 Å². The van der Waals surface area contributed by atoms with Crippen molar-refractivity contribution in [3.63, 3.8) is 0 Å². The maximum absolute atomic E-state index is 8.77. The van der Waals surface area contributed by atoms with E-state index in [4.69, 9.17) is 5.26 Å². The van der Waals surface area contributed by atoms with E-state index in [0.717, 1.165) is 11.6 Å². The molecule has 3 aliphatic heterocycles. The smallest absolute Gasteiger partial charge is 0.189 e. The van der Waals surface area contributed by atoms with E-state index in [1.807, 2.05) is 6.20 Å². The number of hydrazone groups is 1. The van der Waals surface area contributed by atoms with Crippen molar-refractivity contribution in [1.82, 2.24) is 20.8 Å². The fourth-order valence-electron chi connectivity index (χ4n) is 3.45. The molecular formula is C17H20N6S. The van der Waals surface area contributed by atoms with Crippen LogP contribution in [0.2, 0.25) is 0 Å². The number of thioether (sulfide) groups is 1. The molecule has 2 N–H and O–H groups in total. The number of hydrogen-bond acceptors (Lipinski definition) is 7. The minimum Gasteiger partial charge on any atom is -0.306 e. The van der Waals surface area contributed by atoms with E-state index in [9.17, 15) is 0 Å². The van der Waals surface area contributed by atoms with Gasteiger partial charge in [0.2, 0.25) is 0 Å². The van der Waals surface area contributed by atoms with Crippen molar-refractivity contribution in [2.75, 3.05) is 5.75 Å². The largest absolute Gasteiger partial charge is 0.306 e. The van der Waals surface area contributed by atoms with Crippen LogP contribution in [-0.2, 0) is 0 Å². The molecule has 6 nitrogen and oxygen atoms in total. The summed E-state index contributed by atoms with van der Waals surface area (Å²) in [6.45, 7) is 4.30. The first-order valence-electron chi connectivity index (χ1n) is 8.08. The van der Waals surface area contributed by atoms with Gasteiger partial charge < -0.3 is 9.91 Å². The van der Waals surface area contributed by atoms with E-state index in [2.05, 4.69) is 70.2 Å². The predicted molar refractivity (Wildman–Crippen MR) is 95.4 cm³/mol. The van der Waals surface area contributed by atoms with E-state index < -0.39 is 0 Å². The molecule has 0 saturated carbocycles. The van der Waals surface area contributed by atoms with Gasteiger partial charge >= 0.3 is 0 Å². The van der Waals surface area contributed by atoms with Gasteiger partial charge in [-0.25, -0.2) is 5.43 Å². The molecule has 1 aromatic rings. The van der Waals surface area contributed by atoms with Gasteiger partial charge in [-0.1, -0.05) is 30.0 Å². The van der Waals surface area contributed by atoms with Crippen molar-refractivity contribution in [2.45, 2.75) is 38.5 Å². The summed E-state index contributed by atoms with van der Waals surface area (Å²) in [7, 11) is 0. The highest BCUT2D eigenvalue weighted by atomic mass is 32.2. The predicted octanol–water partition coefficient (Wildman–Crippen LogP) is 2.17. The van der Waals surface area contributed by atoms with Crippen LogP contribution >= 0.6 is 11.8 Å². The third-order valence-electron chi connectivity index (χ3n) is 4.90. The van der Waals surface area contributed by atoms with Crippen LogP contribution in [0.5, 0.6) is 0 Å². The van der Waals surface area contributed by atoms with Crippen LogP contribution in [0, 0.1) is 25.2 Å². The number of fused-ring (bicyclic) bond motifs is 3. The monoisotopic (exact) mass is 340 g/mol. The summed E-state index contributed by atoms with van der Waals surface area (Å²) in [4.78, 5) is 2.13. The van der Waals surface area contributed by atoms with Crippen LogP contribution < -0.4 is 10.9 Å². The fourth-order valence-corrected chi connectivity index (χ4v) is 4.08. The molecule has 0 aliphatic carbocycles. The van der Waals surface area contributed by atoms with Crippen LogP contribution in [0.25, 0.3) is 0 Å². The molecule has 124 valence electrons. The van der Waals surface area contributed by atoms with Crippen molar-refractivity contribution >= 4 is 16.9 Å². The highest BCUT2D eigenvalue weighted by Gasteiger charge is 2.44. The molecular weight excluding hydrogens is 320 g/mol. The molecule has 0 bridgehead atoms. The van der Waals surface area contributed by atoms with Gasteiger partial charge in [-0.15, -0.1) is 0 Å². The second kappa shape index (κ2) is 6.04. The Bertz CT molecular complexity index is 752. The molecule has 0 spiro atoms. The van der Waals surface area contributed by atoms with Gasteiger partial charge in [0.25, 0.3) is 0 Å². The quantitative estimate of drug-likeness (QED) is 0.860. The highest BCUT2D eigenvalue weighted by Crippen LogP contribution is 2.35. The number of rotatable bonds is 2. The number of benzene rings is 1. The molecule has 1 aromatic carbocycles. The summed E-state index contributed by atoms with van der Waals surface area (Å²) in [5, 5.41) is 16.2. The minimum atomic E-state index is 0.111.